The summed E-state index contributed by atoms with van der Waals surface area (Å²) >= 11 is 1.70. The number of hydrogen-bond donors (Lipinski definition) is 1. The van der Waals surface area contributed by atoms with E-state index in [0.717, 1.165) is 53.8 Å². The highest BCUT2D eigenvalue weighted by atomic mass is 32.1. The molecule has 38 heavy (non-hydrogen) atoms. The summed E-state index contributed by atoms with van der Waals surface area (Å²) in [6.07, 6.45) is 3.57. The Morgan fingerprint density at radius 2 is 1.68 bits per heavy atom. The number of piperidine rings is 1. The third kappa shape index (κ3) is 5.96. The highest BCUT2D eigenvalue weighted by molar-refractivity contribution is 7.13. The molecule has 1 aromatic carbocycles. The molecule has 0 aliphatic carbocycles. The van der Waals surface area contributed by atoms with Crippen molar-refractivity contribution in [3.8, 4) is 16.3 Å². The summed E-state index contributed by atoms with van der Waals surface area (Å²) in [6.45, 7) is 16.8. The number of carbonyl (C=O) groups excluding carboxylic acids is 1. The highest BCUT2D eigenvalue weighted by Gasteiger charge is 2.29. The van der Waals surface area contributed by atoms with Crippen molar-refractivity contribution in [2.24, 2.45) is 0 Å². The summed E-state index contributed by atoms with van der Waals surface area (Å²) < 4.78 is 7.75. The minimum atomic E-state index is -0.116. The summed E-state index contributed by atoms with van der Waals surface area (Å²) in [5.74, 6) is 2.16. The second kappa shape index (κ2) is 10.8. The number of carbonyl (C=O) groups is 1. The maximum absolute atomic E-state index is 12.9. The molecular weight excluding hydrogens is 496 g/mol. The number of amides is 1. The van der Waals surface area contributed by atoms with Gasteiger partial charge < -0.3 is 19.3 Å². The van der Waals surface area contributed by atoms with Crippen LogP contribution < -0.4 is 4.74 Å². The first kappa shape index (κ1) is 28.3. The van der Waals surface area contributed by atoms with E-state index in [4.69, 9.17) is 9.72 Å². The molecular formula is C30H42N4O3S. The zero-order valence-electron chi connectivity index (χ0n) is 24.1. The normalized spacial score (nSPS) is 15.2. The first-order chi connectivity index (χ1) is 17.8. The van der Waals surface area contributed by atoms with Gasteiger partial charge in [0.25, 0.3) is 0 Å². The summed E-state index contributed by atoms with van der Waals surface area (Å²) in [7, 11) is 1.76. The molecule has 1 saturated heterocycles. The van der Waals surface area contributed by atoms with Crippen LogP contribution in [0.15, 0.2) is 23.7 Å². The van der Waals surface area contributed by atoms with Crippen molar-refractivity contribution in [3.63, 3.8) is 0 Å². The number of imidazole rings is 1. The number of likely N-dealkylation sites (tertiary alicyclic amines) is 1. The van der Waals surface area contributed by atoms with Crippen molar-refractivity contribution < 1.29 is 14.6 Å². The first-order valence-corrected chi connectivity index (χ1v) is 14.3. The predicted molar refractivity (Wildman–Crippen MR) is 153 cm³/mol. The van der Waals surface area contributed by atoms with E-state index in [-0.39, 0.29) is 29.9 Å². The van der Waals surface area contributed by atoms with E-state index in [9.17, 15) is 9.90 Å². The van der Waals surface area contributed by atoms with Crippen molar-refractivity contribution in [1.29, 1.82) is 0 Å². The van der Waals surface area contributed by atoms with Crippen LogP contribution in [0.4, 0.5) is 0 Å². The molecule has 0 unspecified atom stereocenters. The van der Waals surface area contributed by atoms with E-state index in [2.05, 4.69) is 64.0 Å². The number of aryl methyl sites for hydroxylation is 1. The monoisotopic (exact) mass is 538 g/mol. The standard InChI is InChI=1S/C30H42N4O3S/c1-19-31-22(17-35)15-34(19)16-26(36)33-11-9-20(10-12-33)25-18-38-28(32-25)21-13-23(29(2,3)4)27(37-8)24(14-21)30(5,6)7/h13-15,18,20,35H,9-12,16-17H2,1-8H3. The summed E-state index contributed by atoms with van der Waals surface area (Å²) in [5.41, 5.74) is 5.14. The van der Waals surface area contributed by atoms with Crippen LogP contribution in [0.3, 0.4) is 0 Å². The third-order valence-electron chi connectivity index (χ3n) is 7.44. The lowest BCUT2D eigenvalue weighted by molar-refractivity contribution is -0.132. The molecule has 1 amide bonds. The van der Waals surface area contributed by atoms with Crippen molar-refractivity contribution in [1.82, 2.24) is 19.4 Å². The van der Waals surface area contributed by atoms with Gasteiger partial charge >= 0.3 is 0 Å². The fraction of sp³-hybridized carbons (Fsp3) is 0.567. The topological polar surface area (TPSA) is 80.5 Å². The summed E-state index contributed by atoms with van der Waals surface area (Å²) in [4.78, 5) is 24.2. The molecule has 2 aromatic heterocycles. The van der Waals surface area contributed by atoms with E-state index in [1.54, 1.807) is 24.6 Å². The van der Waals surface area contributed by atoms with E-state index >= 15 is 0 Å². The second-order valence-electron chi connectivity index (χ2n) is 12.4. The highest BCUT2D eigenvalue weighted by Crippen LogP contribution is 2.43. The average Bonchev–Trinajstić information content (AvgIpc) is 3.49. The van der Waals surface area contributed by atoms with E-state index < -0.39 is 0 Å². The Labute approximate surface area is 230 Å². The number of aromatic nitrogens is 3. The number of ether oxygens (including phenoxy) is 1. The van der Waals surface area contributed by atoms with Crippen LogP contribution in [0.25, 0.3) is 10.6 Å². The van der Waals surface area contributed by atoms with Crippen molar-refractivity contribution in [3.05, 3.63) is 52.0 Å². The van der Waals surface area contributed by atoms with Crippen molar-refractivity contribution in [2.45, 2.75) is 91.2 Å². The lowest BCUT2D eigenvalue weighted by Gasteiger charge is -2.31. The van der Waals surface area contributed by atoms with Crippen LogP contribution in [0.1, 0.15) is 88.6 Å². The van der Waals surface area contributed by atoms with Gasteiger partial charge in [0.2, 0.25) is 5.91 Å². The van der Waals surface area contributed by atoms with Gasteiger partial charge in [-0.1, -0.05) is 41.5 Å². The second-order valence-corrected chi connectivity index (χ2v) is 13.3. The smallest absolute Gasteiger partial charge is 0.242 e. The van der Waals surface area contributed by atoms with Crippen LogP contribution in [-0.4, -0.2) is 50.6 Å². The molecule has 0 bridgehead atoms. The van der Waals surface area contributed by atoms with Gasteiger partial charge in [-0.2, -0.15) is 0 Å². The number of benzene rings is 1. The largest absolute Gasteiger partial charge is 0.496 e. The van der Waals surface area contributed by atoms with E-state index in [1.807, 2.05) is 16.4 Å². The van der Waals surface area contributed by atoms with Crippen LogP contribution in [0.5, 0.6) is 5.75 Å². The molecule has 1 fully saturated rings. The molecule has 206 valence electrons. The Morgan fingerprint density at radius 1 is 1.08 bits per heavy atom. The van der Waals surface area contributed by atoms with Gasteiger partial charge in [0.05, 0.1) is 25.1 Å². The molecule has 0 atom stereocenters. The molecule has 0 spiro atoms. The molecule has 7 nitrogen and oxygen atoms in total. The molecule has 0 saturated carbocycles. The SMILES string of the molecule is COc1c(C(C)(C)C)cc(-c2nc(C3CCN(C(=O)Cn4cc(CO)nc4C)CC3)cs2)cc1C(C)(C)C. The van der Waals surface area contributed by atoms with Gasteiger partial charge in [0, 0.05) is 47.3 Å². The Morgan fingerprint density at radius 3 is 2.18 bits per heavy atom. The lowest BCUT2D eigenvalue weighted by atomic mass is 9.78. The van der Waals surface area contributed by atoms with Gasteiger partial charge in [-0.25, -0.2) is 9.97 Å². The zero-order chi connectivity index (χ0) is 27.8. The Bertz CT molecular complexity index is 1250. The number of aliphatic hydroxyl groups is 1. The number of thiazole rings is 1. The van der Waals surface area contributed by atoms with Gasteiger partial charge in [-0.3, -0.25) is 4.79 Å². The maximum atomic E-state index is 12.9. The minimum absolute atomic E-state index is 0.0598. The number of hydrogen-bond acceptors (Lipinski definition) is 6. The van der Waals surface area contributed by atoms with Crippen molar-refractivity contribution in [2.75, 3.05) is 20.2 Å². The Kier molecular flexibility index (Phi) is 8.05. The third-order valence-corrected chi connectivity index (χ3v) is 8.35. The summed E-state index contributed by atoms with van der Waals surface area (Å²) in [5, 5.41) is 12.5. The van der Waals surface area contributed by atoms with Gasteiger partial charge in [0.15, 0.2) is 0 Å². The van der Waals surface area contributed by atoms with Crippen LogP contribution in [-0.2, 0) is 28.8 Å². The number of nitrogens with zero attached hydrogens (tertiary/aromatic N) is 4. The average molecular weight is 539 g/mol. The molecule has 3 aromatic rings. The minimum Gasteiger partial charge on any atom is -0.496 e. The molecule has 4 rings (SSSR count). The van der Waals surface area contributed by atoms with Gasteiger partial charge in [-0.15, -0.1) is 11.3 Å². The molecule has 1 aliphatic heterocycles. The van der Waals surface area contributed by atoms with Crippen LogP contribution >= 0.6 is 11.3 Å². The quantitative estimate of drug-likeness (QED) is 0.428. The Balaban J connectivity index is 1.50. The number of aliphatic hydroxyl groups excluding tert-OH is 1. The molecule has 1 N–H and O–H groups in total. The van der Waals surface area contributed by atoms with Gasteiger partial charge in [-0.05, 0) is 42.7 Å². The molecule has 8 heteroatoms. The van der Waals surface area contributed by atoms with Gasteiger partial charge in [0.1, 0.15) is 23.1 Å². The Hall–Kier alpha value is -2.71. The maximum Gasteiger partial charge on any atom is 0.242 e. The van der Waals surface area contributed by atoms with E-state index in [1.165, 1.54) is 11.1 Å². The molecule has 1 aliphatic rings. The zero-order valence-corrected chi connectivity index (χ0v) is 24.9. The first-order valence-electron chi connectivity index (χ1n) is 13.4. The fourth-order valence-electron chi connectivity index (χ4n) is 5.17. The van der Waals surface area contributed by atoms with Crippen LogP contribution in [0, 0.1) is 6.92 Å². The van der Waals surface area contributed by atoms with E-state index in [0.29, 0.717) is 11.6 Å². The summed E-state index contributed by atoms with van der Waals surface area (Å²) in [6, 6.07) is 4.50. The van der Waals surface area contributed by atoms with Crippen LogP contribution in [0.2, 0.25) is 0 Å². The predicted octanol–water partition coefficient (Wildman–Crippen LogP) is 5.82. The lowest BCUT2D eigenvalue weighted by Crippen LogP contribution is -2.39. The van der Waals surface area contributed by atoms with Crippen molar-refractivity contribution >= 4 is 17.2 Å². The fourth-order valence-corrected chi connectivity index (χ4v) is 6.06. The number of rotatable bonds is 6. The number of methoxy groups -OCH3 is 1. The molecule has 0 radical (unpaired) electrons. The molecule has 3 heterocycles.